The Bertz CT molecular complexity index is 403. The van der Waals surface area contributed by atoms with Crippen molar-refractivity contribution in [3.63, 3.8) is 0 Å². The van der Waals surface area contributed by atoms with Gasteiger partial charge in [0, 0.05) is 12.5 Å². The Morgan fingerprint density at radius 1 is 1.16 bits per heavy atom. The zero-order valence-electron chi connectivity index (χ0n) is 11.5. The lowest BCUT2D eigenvalue weighted by Gasteiger charge is -2.36. The van der Waals surface area contributed by atoms with E-state index >= 15 is 0 Å². The highest BCUT2D eigenvalue weighted by atomic mass is 19.1. The van der Waals surface area contributed by atoms with E-state index in [-0.39, 0.29) is 0 Å². The number of hydrogen-bond acceptors (Lipinski definition) is 1. The molecule has 106 valence electrons. The van der Waals surface area contributed by atoms with Crippen LogP contribution in [0.15, 0.2) is 18.2 Å². The minimum atomic E-state index is -0.787. The molecule has 1 aliphatic carbocycles. The summed E-state index contributed by atoms with van der Waals surface area (Å²) in [5.41, 5.74) is -0.237. The number of aliphatic hydroxyl groups is 1. The van der Waals surface area contributed by atoms with Crippen molar-refractivity contribution in [1.29, 1.82) is 0 Å². The van der Waals surface area contributed by atoms with Gasteiger partial charge in [0.25, 0.3) is 0 Å². The largest absolute Gasteiger partial charge is 0.390 e. The predicted molar refractivity (Wildman–Crippen MR) is 71.9 cm³/mol. The third kappa shape index (κ3) is 4.00. The molecule has 3 heteroatoms. The minimum absolute atomic E-state index is 0.348. The molecule has 0 aromatic heterocycles. The van der Waals surface area contributed by atoms with E-state index in [9.17, 15) is 13.9 Å². The Labute approximate surface area is 113 Å². The number of hydrogen-bond donors (Lipinski definition) is 1. The normalized spacial score (nSPS) is 27.5. The molecule has 1 aromatic carbocycles. The molecule has 1 aliphatic rings. The highest BCUT2D eigenvalue weighted by Crippen LogP contribution is 2.36. The van der Waals surface area contributed by atoms with Crippen molar-refractivity contribution in [2.75, 3.05) is 0 Å². The highest BCUT2D eigenvalue weighted by Gasteiger charge is 2.33. The number of rotatable bonds is 4. The predicted octanol–water partition coefficient (Wildman–Crippen LogP) is 4.23. The lowest BCUT2D eigenvalue weighted by molar-refractivity contribution is -0.00994. The fourth-order valence-corrected chi connectivity index (χ4v) is 3.18. The third-order valence-corrected chi connectivity index (χ3v) is 4.19. The van der Waals surface area contributed by atoms with Crippen molar-refractivity contribution in [2.45, 2.75) is 57.5 Å². The van der Waals surface area contributed by atoms with Crippen LogP contribution < -0.4 is 0 Å². The maximum absolute atomic E-state index is 13.1. The van der Waals surface area contributed by atoms with Crippen molar-refractivity contribution in [2.24, 2.45) is 5.92 Å². The van der Waals surface area contributed by atoms with Crippen LogP contribution in [0.5, 0.6) is 0 Å². The Balaban J connectivity index is 1.98. The zero-order chi connectivity index (χ0) is 13.9. The van der Waals surface area contributed by atoms with Crippen LogP contribution in [-0.4, -0.2) is 10.7 Å². The molecular formula is C16H22F2O. The zero-order valence-corrected chi connectivity index (χ0v) is 11.5. The lowest BCUT2D eigenvalue weighted by atomic mass is 9.74. The van der Waals surface area contributed by atoms with E-state index in [4.69, 9.17) is 0 Å². The molecule has 0 atom stereocenters. The maximum atomic E-state index is 13.1. The molecule has 0 radical (unpaired) electrons. The van der Waals surface area contributed by atoms with Gasteiger partial charge in [0.15, 0.2) is 0 Å². The summed E-state index contributed by atoms with van der Waals surface area (Å²) in [5.74, 6) is -0.439. The van der Waals surface area contributed by atoms with E-state index < -0.39 is 17.2 Å². The monoisotopic (exact) mass is 268 g/mol. The Kier molecular flexibility index (Phi) is 4.56. The fraction of sp³-hybridized carbons (Fsp3) is 0.625. The first-order chi connectivity index (χ1) is 9.00. The second-order valence-corrected chi connectivity index (χ2v) is 5.91. The molecule has 0 aliphatic heterocycles. The standard InChI is InChI=1S/C16H22F2O/c1-2-3-12-4-6-16(19,7-5-12)11-13-8-14(17)10-15(18)9-13/h8-10,12,19H,2-7,11H2,1H3. The summed E-state index contributed by atoms with van der Waals surface area (Å²) in [6.45, 7) is 2.18. The molecule has 1 aromatic rings. The average Bonchev–Trinajstić information content (AvgIpc) is 2.31. The van der Waals surface area contributed by atoms with Crippen LogP contribution in [0.2, 0.25) is 0 Å². The van der Waals surface area contributed by atoms with Crippen LogP contribution in [0, 0.1) is 17.6 Å². The van der Waals surface area contributed by atoms with E-state index in [1.165, 1.54) is 25.0 Å². The summed E-state index contributed by atoms with van der Waals surface area (Å²) in [6.07, 6.45) is 6.24. The molecule has 1 N–H and O–H groups in total. The minimum Gasteiger partial charge on any atom is -0.390 e. The molecule has 1 nitrogen and oxygen atoms in total. The van der Waals surface area contributed by atoms with Gasteiger partial charge in [-0.2, -0.15) is 0 Å². The van der Waals surface area contributed by atoms with Crippen LogP contribution in [0.1, 0.15) is 51.0 Å². The van der Waals surface area contributed by atoms with Crippen LogP contribution in [-0.2, 0) is 6.42 Å². The van der Waals surface area contributed by atoms with Crippen molar-refractivity contribution < 1.29 is 13.9 Å². The van der Waals surface area contributed by atoms with E-state index in [1.807, 2.05) is 0 Å². The van der Waals surface area contributed by atoms with Gasteiger partial charge >= 0.3 is 0 Å². The smallest absolute Gasteiger partial charge is 0.126 e. The van der Waals surface area contributed by atoms with Crippen molar-refractivity contribution in [3.05, 3.63) is 35.4 Å². The van der Waals surface area contributed by atoms with Crippen molar-refractivity contribution >= 4 is 0 Å². The SMILES string of the molecule is CCCC1CCC(O)(Cc2cc(F)cc(F)c2)CC1. The Morgan fingerprint density at radius 3 is 2.26 bits per heavy atom. The van der Waals surface area contributed by atoms with Gasteiger partial charge in [-0.3, -0.25) is 0 Å². The maximum Gasteiger partial charge on any atom is 0.126 e. The molecule has 2 rings (SSSR count). The molecule has 0 heterocycles. The highest BCUT2D eigenvalue weighted by molar-refractivity contribution is 5.20. The van der Waals surface area contributed by atoms with Crippen LogP contribution >= 0.6 is 0 Å². The molecule has 0 bridgehead atoms. The topological polar surface area (TPSA) is 20.2 Å². The summed E-state index contributed by atoms with van der Waals surface area (Å²) < 4.78 is 26.3. The molecule has 19 heavy (non-hydrogen) atoms. The third-order valence-electron chi connectivity index (χ3n) is 4.19. The van der Waals surface area contributed by atoms with E-state index in [0.717, 1.165) is 31.7 Å². The first-order valence-corrected chi connectivity index (χ1v) is 7.18. The summed E-state index contributed by atoms with van der Waals surface area (Å²) in [6, 6.07) is 3.50. The Morgan fingerprint density at radius 2 is 1.74 bits per heavy atom. The quantitative estimate of drug-likeness (QED) is 0.866. The van der Waals surface area contributed by atoms with Crippen LogP contribution in [0.3, 0.4) is 0 Å². The van der Waals surface area contributed by atoms with E-state index in [2.05, 4.69) is 6.92 Å². The van der Waals surface area contributed by atoms with Crippen LogP contribution in [0.4, 0.5) is 8.78 Å². The average molecular weight is 268 g/mol. The van der Waals surface area contributed by atoms with Gasteiger partial charge in [-0.25, -0.2) is 8.78 Å². The number of benzene rings is 1. The van der Waals surface area contributed by atoms with Gasteiger partial charge in [-0.05, 0) is 49.3 Å². The van der Waals surface area contributed by atoms with Gasteiger partial charge in [-0.15, -0.1) is 0 Å². The lowest BCUT2D eigenvalue weighted by Crippen LogP contribution is -2.36. The van der Waals surface area contributed by atoms with E-state index in [0.29, 0.717) is 17.9 Å². The summed E-state index contributed by atoms with van der Waals surface area (Å²) in [4.78, 5) is 0. The Hall–Kier alpha value is -0.960. The van der Waals surface area contributed by atoms with Crippen molar-refractivity contribution in [3.8, 4) is 0 Å². The van der Waals surface area contributed by atoms with Gasteiger partial charge in [0.1, 0.15) is 11.6 Å². The number of halogens is 2. The summed E-state index contributed by atoms with van der Waals surface area (Å²) in [5, 5.41) is 10.5. The molecule has 1 fully saturated rings. The van der Waals surface area contributed by atoms with Crippen LogP contribution in [0.25, 0.3) is 0 Å². The molecule has 1 saturated carbocycles. The molecule has 0 unspecified atom stereocenters. The second kappa shape index (κ2) is 6.00. The summed E-state index contributed by atoms with van der Waals surface area (Å²) >= 11 is 0. The van der Waals surface area contributed by atoms with Gasteiger partial charge in [-0.1, -0.05) is 19.8 Å². The van der Waals surface area contributed by atoms with E-state index in [1.54, 1.807) is 0 Å². The summed E-state index contributed by atoms with van der Waals surface area (Å²) in [7, 11) is 0. The molecular weight excluding hydrogens is 246 g/mol. The first-order valence-electron chi connectivity index (χ1n) is 7.18. The van der Waals surface area contributed by atoms with Gasteiger partial charge < -0.3 is 5.11 Å². The molecule has 0 spiro atoms. The molecule has 0 amide bonds. The fourth-order valence-electron chi connectivity index (χ4n) is 3.18. The second-order valence-electron chi connectivity index (χ2n) is 5.91. The van der Waals surface area contributed by atoms with Gasteiger partial charge in [0.05, 0.1) is 5.60 Å². The van der Waals surface area contributed by atoms with Gasteiger partial charge in [0.2, 0.25) is 0 Å². The first kappa shape index (κ1) is 14.4. The van der Waals surface area contributed by atoms with Crippen molar-refractivity contribution in [1.82, 2.24) is 0 Å². The molecule has 0 saturated heterocycles.